The predicted octanol–water partition coefficient (Wildman–Crippen LogP) is 3.44. The maximum absolute atomic E-state index is 12.6. The van der Waals surface area contributed by atoms with Crippen LogP contribution in [0.25, 0.3) is 22.4 Å². The van der Waals surface area contributed by atoms with E-state index < -0.39 is 0 Å². The highest BCUT2D eigenvalue weighted by Crippen LogP contribution is 2.20. The minimum atomic E-state index is -0.134. The molecule has 6 heteroatoms. The van der Waals surface area contributed by atoms with Gasteiger partial charge in [0.2, 0.25) is 4.96 Å². The van der Waals surface area contributed by atoms with Crippen LogP contribution in [0.5, 0.6) is 0 Å². The molecule has 0 aliphatic rings. The van der Waals surface area contributed by atoms with E-state index in [1.165, 1.54) is 15.9 Å². The molecule has 0 bridgehead atoms. The van der Waals surface area contributed by atoms with Crippen molar-refractivity contribution in [2.45, 2.75) is 6.92 Å². The average Bonchev–Trinajstić information content (AvgIpc) is 3.10. The predicted molar refractivity (Wildman–Crippen MR) is 100 cm³/mol. The molecule has 0 aliphatic carbocycles. The Balaban J connectivity index is 1.83. The van der Waals surface area contributed by atoms with Gasteiger partial charge in [-0.2, -0.15) is 9.50 Å². The van der Waals surface area contributed by atoms with E-state index in [2.05, 4.69) is 26.0 Å². The lowest BCUT2D eigenvalue weighted by molar-refractivity contribution is 0.936. The lowest BCUT2D eigenvalue weighted by atomic mass is 10.1. The van der Waals surface area contributed by atoms with Crippen molar-refractivity contribution in [2.75, 3.05) is 0 Å². The first-order valence-electron chi connectivity index (χ1n) is 7.35. The first kappa shape index (κ1) is 15.2. The van der Waals surface area contributed by atoms with Crippen LogP contribution in [0.15, 0.2) is 57.8 Å². The van der Waals surface area contributed by atoms with Gasteiger partial charge < -0.3 is 0 Å². The van der Waals surface area contributed by atoms with Gasteiger partial charge in [0.1, 0.15) is 0 Å². The smallest absolute Gasteiger partial charge is 0.266 e. The Morgan fingerprint density at radius 3 is 2.58 bits per heavy atom. The fraction of sp³-hybridized carbons (Fsp3) is 0.0556. The van der Waals surface area contributed by atoms with Gasteiger partial charge in [0.05, 0.1) is 4.53 Å². The van der Waals surface area contributed by atoms with Crippen molar-refractivity contribution in [3.63, 3.8) is 0 Å². The molecule has 2 aromatic carbocycles. The molecular weight excluding hydrogens is 386 g/mol. The molecule has 0 N–H and O–H groups in total. The van der Waals surface area contributed by atoms with E-state index in [1.54, 1.807) is 0 Å². The number of hydrogen-bond donors (Lipinski definition) is 0. The van der Waals surface area contributed by atoms with Crippen molar-refractivity contribution in [1.29, 1.82) is 0 Å². The third kappa shape index (κ3) is 2.68. The van der Waals surface area contributed by atoms with Crippen LogP contribution in [0.2, 0.25) is 0 Å². The van der Waals surface area contributed by atoms with E-state index in [9.17, 15) is 4.79 Å². The third-order valence-corrected chi connectivity index (χ3v) is 5.22. The lowest BCUT2D eigenvalue weighted by Gasteiger charge is -1.98. The minimum Gasteiger partial charge on any atom is -0.266 e. The Kier molecular flexibility index (Phi) is 3.78. The van der Waals surface area contributed by atoms with Crippen LogP contribution in [0.3, 0.4) is 0 Å². The fourth-order valence-corrected chi connectivity index (χ4v) is 3.65. The summed E-state index contributed by atoms with van der Waals surface area (Å²) < 4.78 is 3.02. The Bertz CT molecular complexity index is 1150. The van der Waals surface area contributed by atoms with Gasteiger partial charge in [-0.25, -0.2) is 0 Å². The molecule has 0 fully saturated rings. The number of rotatable bonds is 2. The van der Waals surface area contributed by atoms with Gasteiger partial charge in [0, 0.05) is 10.0 Å². The zero-order valence-corrected chi connectivity index (χ0v) is 15.1. The fourth-order valence-electron chi connectivity index (χ4n) is 2.48. The van der Waals surface area contributed by atoms with E-state index in [0.717, 1.165) is 21.2 Å². The quantitative estimate of drug-likeness (QED) is 0.520. The molecule has 4 nitrogen and oxygen atoms in total. The number of fused-ring (bicyclic) bond motifs is 1. The molecule has 0 unspecified atom stereocenters. The number of aryl methyl sites for hydroxylation is 1. The summed E-state index contributed by atoms with van der Waals surface area (Å²) in [4.78, 5) is 17.7. The second-order valence-electron chi connectivity index (χ2n) is 5.41. The summed E-state index contributed by atoms with van der Waals surface area (Å²) in [6.07, 6.45) is 1.86. The van der Waals surface area contributed by atoms with Crippen LogP contribution < -0.4 is 10.1 Å². The van der Waals surface area contributed by atoms with E-state index in [0.29, 0.717) is 15.3 Å². The first-order chi connectivity index (χ1) is 11.6. The minimum absolute atomic E-state index is 0.134. The van der Waals surface area contributed by atoms with Gasteiger partial charge in [0.15, 0.2) is 5.82 Å². The Hall–Kier alpha value is -2.31. The van der Waals surface area contributed by atoms with Crippen LogP contribution in [0.1, 0.15) is 11.1 Å². The maximum atomic E-state index is 12.6. The molecule has 2 aromatic heterocycles. The lowest BCUT2D eigenvalue weighted by Crippen LogP contribution is -2.23. The average molecular weight is 398 g/mol. The number of benzene rings is 2. The van der Waals surface area contributed by atoms with Crippen molar-refractivity contribution in [1.82, 2.24) is 14.6 Å². The highest BCUT2D eigenvalue weighted by atomic mass is 79.9. The summed E-state index contributed by atoms with van der Waals surface area (Å²) in [5.41, 5.74) is 2.88. The van der Waals surface area contributed by atoms with Crippen LogP contribution in [0.4, 0.5) is 0 Å². The normalized spacial score (nSPS) is 12.2. The molecule has 4 rings (SSSR count). The second kappa shape index (κ2) is 5.96. The van der Waals surface area contributed by atoms with Crippen molar-refractivity contribution in [2.24, 2.45) is 0 Å². The molecule has 0 spiro atoms. The summed E-state index contributed by atoms with van der Waals surface area (Å²) >= 11 is 4.76. The molecule has 2 heterocycles. The standard InChI is InChI=1S/C18H12BrN3OS/c1-11-4-2-3-5-14(11)16-20-18-22(21-16)17(23)15(24-18)10-12-6-8-13(19)9-7-12/h2-10H,1H3/b15-10+. The van der Waals surface area contributed by atoms with Crippen molar-refractivity contribution in [3.05, 3.63) is 79.0 Å². The van der Waals surface area contributed by atoms with Crippen molar-refractivity contribution < 1.29 is 0 Å². The number of hydrogen-bond acceptors (Lipinski definition) is 4. The summed E-state index contributed by atoms with van der Waals surface area (Å²) in [5, 5.41) is 4.40. The molecule has 0 amide bonds. The zero-order chi connectivity index (χ0) is 16.7. The van der Waals surface area contributed by atoms with Crippen molar-refractivity contribution in [3.8, 4) is 11.4 Å². The monoisotopic (exact) mass is 397 g/mol. The molecule has 0 atom stereocenters. The first-order valence-corrected chi connectivity index (χ1v) is 8.95. The van der Waals surface area contributed by atoms with Crippen LogP contribution in [0, 0.1) is 6.92 Å². The second-order valence-corrected chi connectivity index (χ2v) is 7.34. The van der Waals surface area contributed by atoms with Gasteiger partial charge in [-0.3, -0.25) is 4.79 Å². The van der Waals surface area contributed by atoms with E-state index in [4.69, 9.17) is 0 Å². The highest BCUT2D eigenvalue weighted by molar-refractivity contribution is 9.10. The molecule has 0 saturated carbocycles. The summed E-state index contributed by atoms with van der Waals surface area (Å²) in [6.45, 7) is 2.01. The zero-order valence-electron chi connectivity index (χ0n) is 12.7. The highest BCUT2D eigenvalue weighted by Gasteiger charge is 2.13. The Morgan fingerprint density at radius 1 is 1.12 bits per heavy atom. The van der Waals surface area contributed by atoms with Crippen LogP contribution in [-0.4, -0.2) is 14.6 Å². The van der Waals surface area contributed by atoms with Gasteiger partial charge in [-0.15, -0.1) is 5.10 Å². The molecule has 4 aromatic rings. The summed E-state index contributed by atoms with van der Waals surface area (Å²) in [7, 11) is 0. The number of nitrogens with zero attached hydrogens (tertiary/aromatic N) is 3. The maximum Gasteiger partial charge on any atom is 0.291 e. The molecule has 0 aliphatic heterocycles. The molecule has 24 heavy (non-hydrogen) atoms. The van der Waals surface area contributed by atoms with Crippen molar-refractivity contribution >= 4 is 38.3 Å². The topological polar surface area (TPSA) is 47.3 Å². The van der Waals surface area contributed by atoms with E-state index >= 15 is 0 Å². The van der Waals surface area contributed by atoms with Gasteiger partial charge in [0.25, 0.3) is 5.56 Å². The molecule has 0 saturated heterocycles. The number of aromatic nitrogens is 3. The molecule has 0 radical (unpaired) electrons. The van der Waals surface area contributed by atoms with E-state index in [-0.39, 0.29) is 5.56 Å². The summed E-state index contributed by atoms with van der Waals surface area (Å²) in [5.74, 6) is 0.589. The van der Waals surface area contributed by atoms with Gasteiger partial charge in [-0.05, 0) is 36.3 Å². The number of halogens is 1. The largest absolute Gasteiger partial charge is 0.291 e. The van der Waals surface area contributed by atoms with Crippen LogP contribution >= 0.6 is 27.3 Å². The Labute approximate surface area is 150 Å². The van der Waals surface area contributed by atoms with Gasteiger partial charge in [-0.1, -0.05) is 63.7 Å². The van der Waals surface area contributed by atoms with Crippen LogP contribution in [-0.2, 0) is 0 Å². The number of thiazole rings is 1. The Morgan fingerprint density at radius 2 is 1.88 bits per heavy atom. The molecular formula is C18H12BrN3OS. The SMILES string of the molecule is Cc1ccccc1-c1nc2s/c(=C/c3ccc(Br)cc3)c(=O)n2n1. The van der Waals surface area contributed by atoms with E-state index in [1.807, 2.05) is 61.5 Å². The summed E-state index contributed by atoms with van der Waals surface area (Å²) in [6, 6.07) is 15.7. The third-order valence-electron chi connectivity index (χ3n) is 3.74. The molecule has 118 valence electrons. The van der Waals surface area contributed by atoms with Gasteiger partial charge >= 0.3 is 0 Å².